The molecule has 0 atom stereocenters. The fraction of sp³-hybridized carbons (Fsp3) is 0.571. The Kier molecular flexibility index (Phi) is 3.15. The van der Waals surface area contributed by atoms with Crippen molar-refractivity contribution in [2.24, 2.45) is 11.3 Å². The fourth-order valence-electron chi connectivity index (χ4n) is 2.80. The SMILES string of the molecule is O=S(=O)(NCC1(C2CC2)CC1)c1ccccc1CO. The molecule has 2 saturated carbocycles. The van der Waals surface area contributed by atoms with E-state index in [1.807, 2.05) is 0 Å². The summed E-state index contributed by atoms with van der Waals surface area (Å²) in [7, 11) is -3.51. The molecule has 2 fully saturated rings. The Labute approximate surface area is 113 Å². The van der Waals surface area contributed by atoms with Crippen LogP contribution >= 0.6 is 0 Å². The molecule has 0 spiro atoms. The van der Waals surface area contributed by atoms with E-state index in [0.717, 1.165) is 18.8 Å². The van der Waals surface area contributed by atoms with Crippen LogP contribution in [0.2, 0.25) is 0 Å². The highest BCUT2D eigenvalue weighted by Gasteiger charge is 2.53. The Hall–Kier alpha value is -0.910. The summed E-state index contributed by atoms with van der Waals surface area (Å²) in [5, 5.41) is 9.23. The second-order valence-corrected chi connectivity index (χ2v) is 7.46. The monoisotopic (exact) mass is 281 g/mol. The molecule has 4 nitrogen and oxygen atoms in total. The van der Waals surface area contributed by atoms with Crippen LogP contribution in [0.15, 0.2) is 29.2 Å². The Bertz CT molecular complexity index is 574. The quantitative estimate of drug-likeness (QED) is 0.833. The fourth-order valence-corrected chi connectivity index (χ4v) is 4.17. The molecule has 2 aliphatic rings. The van der Waals surface area contributed by atoms with Gasteiger partial charge in [0.05, 0.1) is 11.5 Å². The van der Waals surface area contributed by atoms with Crippen LogP contribution in [-0.4, -0.2) is 20.1 Å². The normalized spacial score (nSPS) is 21.3. The van der Waals surface area contributed by atoms with Gasteiger partial charge in [-0.2, -0.15) is 0 Å². The van der Waals surface area contributed by atoms with E-state index < -0.39 is 10.0 Å². The van der Waals surface area contributed by atoms with Gasteiger partial charge in [-0.25, -0.2) is 13.1 Å². The van der Waals surface area contributed by atoms with Gasteiger partial charge in [0.2, 0.25) is 10.0 Å². The van der Waals surface area contributed by atoms with Crippen molar-refractivity contribution in [1.29, 1.82) is 0 Å². The average molecular weight is 281 g/mol. The highest BCUT2D eigenvalue weighted by Crippen LogP contribution is 2.60. The van der Waals surface area contributed by atoms with Gasteiger partial charge in [0.25, 0.3) is 0 Å². The highest BCUT2D eigenvalue weighted by atomic mass is 32.2. The highest BCUT2D eigenvalue weighted by molar-refractivity contribution is 7.89. The molecule has 1 aromatic carbocycles. The molecule has 104 valence electrons. The van der Waals surface area contributed by atoms with E-state index in [4.69, 9.17) is 0 Å². The molecule has 0 bridgehead atoms. The minimum Gasteiger partial charge on any atom is -0.392 e. The number of aliphatic hydroxyl groups excluding tert-OH is 1. The molecule has 2 N–H and O–H groups in total. The van der Waals surface area contributed by atoms with Crippen molar-refractivity contribution in [1.82, 2.24) is 4.72 Å². The third-order valence-electron chi connectivity index (χ3n) is 4.38. The minimum atomic E-state index is -3.51. The van der Waals surface area contributed by atoms with E-state index in [1.165, 1.54) is 12.8 Å². The van der Waals surface area contributed by atoms with Crippen LogP contribution in [0.25, 0.3) is 0 Å². The predicted octanol–water partition coefficient (Wildman–Crippen LogP) is 1.65. The van der Waals surface area contributed by atoms with Crippen LogP contribution < -0.4 is 4.72 Å². The molecule has 0 unspecified atom stereocenters. The van der Waals surface area contributed by atoms with E-state index in [1.54, 1.807) is 24.3 Å². The molecule has 3 rings (SSSR count). The Morgan fingerprint density at radius 3 is 2.53 bits per heavy atom. The molecule has 19 heavy (non-hydrogen) atoms. The number of rotatable bonds is 6. The second-order valence-electron chi connectivity index (χ2n) is 5.73. The van der Waals surface area contributed by atoms with Crippen LogP contribution in [0.4, 0.5) is 0 Å². The zero-order valence-corrected chi connectivity index (χ0v) is 11.6. The summed E-state index contributed by atoms with van der Waals surface area (Å²) in [6.45, 7) is 0.282. The molecule has 0 amide bonds. The van der Waals surface area contributed by atoms with Crippen LogP contribution in [0.1, 0.15) is 31.2 Å². The Morgan fingerprint density at radius 1 is 1.26 bits per heavy atom. The molecule has 0 saturated heterocycles. The summed E-state index contributed by atoms with van der Waals surface area (Å²) < 4.78 is 27.3. The number of hydrogen-bond acceptors (Lipinski definition) is 3. The molecule has 2 aliphatic carbocycles. The van der Waals surface area contributed by atoms with Gasteiger partial charge in [0, 0.05) is 6.54 Å². The zero-order valence-electron chi connectivity index (χ0n) is 10.8. The van der Waals surface area contributed by atoms with Crippen molar-refractivity contribution in [2.75, 3.05) is 6.54 Å². The summed E-state index contributed by atoms with van der Waals surface area (Å²) in [6, 6.07) is 6.60. The first-order chi connectivity index (χ1) is 9.07. The average Bonchev–Trinajstić information content (AvgIpc) is 3.28. The third-order valence-corrected chi connectivity index (χ3v) is 5.88. The standard InChI is InChI=1S/C14H19NO3S/c16-9-11-3-1-2-4-13(11)19(17,18)15-10-14(7-8-14)12-5-6-12/h1-4,12,15-16H,5-10H2. The maximum atomic E-state index is 12.3. The van der Waals surface area contributed by atoms with Gasteiger partial charge in [0.1, 0.15) is 0 Å². The number of nitrogens with one attached hydrogen (secondary N) is 1. The Morgan fingerprint density at radius 2 is 1.95 bits per heavy atom. The summed E-state index contributed by atoms with van der Waals surface area (Å²) in [5.74, 6) is 0.725. The van der Waals surface area contributed by atoms with Gasteiger partial charge >= 0.3 is 0 Å². The van der Waals surface area contributed by atoms with Crippen LogP contribution in [-0.2, 0) is 16.6 Å². The molecular formula is C14H19NO3S. The maximum Gasteiger partial charge on any atom is 0.240 e. The van der Waals surface area contributed by atoms with Crippen LogP contribution in [0.3, 0.4) is 0 Å². The first kappa shape index (κ1) is 13.1. The topological polar surface area (TPSA) is 66.4 Å². The van der Waals surface area contributed by atoms with Gasteiger partial charge < -0.3 is 5.11 Å². The molecule has 0 radical (unpaired) electrons. The lowest BCUT2D eigenvalue weighted by Crippen LogP contribution is -2.31. The van der Waals surface area contributed by atoms with Crippen molar-refractivity contribution in [3.63, 3.8) is 0 Å². The van der Waals surface area contributed by atoms with E-state index >= 15 is 0 Å². The first-order valence-electron chi connectivity index (χ1n) is 6.76. The maximum absolute atomic E-state index is 12.3. The number of sulfonamides is 1. The summed E-state index contributed by atoms with van der Waals surface area (Å²) >= 11 is 0. The van der Waals surface area contributed by atoms with Gasteiger partial charge in [-0.1, -0.05) is 18.2 Å². The third kappa shape index (κ3) is 2.55. The largest absolute Gasteiger partial charge is 0.392 e. The van der Waals surface area contributed by atoms with Crippen LogP contribution in [0.5, 0.6) is 0 Å². The molecule has 0 heterocycles. The molecule has 0 aliphatic heterocycles. The van der Waals surface area contributed by atoms with E-state index in [0.29, 0.717) is 12.1 Å². The lowest BCUT2D eigenvalue weighted by atomic mass is 10.0. The van der Waals surface area contributed by atoms with Crippen molar-refractivity contribution in [3.8, 4) is 0 Å². The lowest BCUT2D eigenvalue weighted by Gasteiger charge is -2.16. The van der Waals surface area contributed by atoms with Crippen molar-refractivity contribution >= 4 is 10.0 Å². The summed E-state index contributed by atoms with van der Waals surface area (Å²) in [5.41, 5.74) is 0.688. The molecule has 0 aromatic heterocycles. The second kappa shape index (κ2) is 4.58. The number of hydrogen-bond donors (Lipinski definition) is 2. The molecule has 5 heteroatoms. The minimum absolute atomic E-state index is 0.198. The van der Waals surface area contributed by atoms with Gasteiger partial charge in [-0.15, -0.1) is 0 Å². The van der Waals surface area contributed by atoms with Crippen molar-refractivity contribution < 1.29 is 13.5 Å². The first-order valence-corrected chi connectivity index (χ1v) is 8.24. The van der Waals surface area contributed by atoms with E-state index in [9.17, 15) is 13.5 Å². The van der Waals surface area contributed by atoms with Gasteiger partial charge in [-0.3, -0.25) is 0 Å². The van der Waals surface area contributed by atoms with Crippen molar-refractivity contribution in [2.45, 2.75) is 37.2 Å². The van der Waals surface area contributed by atoms with E-state index in [2.05, 4.69) is 4.72 Å². The smallest absolute Gasteiger partial charge is 0.240 e. The van der Waals surface area contributed by atoms with Gasteiger partial charge in [0.15, 0.2) is 0 Å². The number of benzene rings is 1. The summed E-state index contributed by atoms with van der Waals surface area (Å²) in [4.78, 5) is 0.198. The predicted molar refractivity (Wildman–Crippen MR) is 71.9 cm³/mol. The Balaban J connectivity index is 1.75. The molecular weight excluding hydrogens is 262 g/mol. The van der Waals surface area contributed by atoms with Crippen molar-refractivity contribution in [3.05, 3.63) is 29.8 Å². The van der Waals surface area contributed by atoms with Crippen LogP contribution in [0, 0.1) is 11.3 Å². The van der Waals surface area contributed by atoms with Gasteiger partial charge in [-0.05, 0) is 48.6 Å². The zero-order chi connectivity index (χ0) is 13.5. The molecule has 1 aromatic rings. The lowest BCUT2D eigenvalue weighted by molar-refractivity contribution is 0.278. The van der Waals surface area contributed by atoms with E-state index in [-0.39, 0.29) is 16.9 Å². The number of aliphatic hydroxyl groups is 1. The summed E-state index contributed by atoms with van der Waals surface area (Å²) in [6.07, 6.45) is 4.77.